The van der Waals surface area contributed by atoms with Gasteiger partial charge in [-0.05, 0) is 6.26 Å². The van der Waals surface area contributed by atoms with E-state index in [4.69, 9.17) is 9.68 Å². The molecule has 0 saturated carbocycles. The lowest BCUT2D eigenvalue weighted by molar-refractivity contribution is 0.556. The number of rotatable bonds is 2. The van der Waals surface area contributed by atoms with Gasteiger partial charge in [-0.1, -0.05) is 11.8 Å². The van der Waals surface area contributed by atoms with E-state index in [0.717, 1.165) is 5.69 Å². The minimum absolute atomic E-state index is 0.418. The molecule has 0 aromatic carbocycles. The lowest BCUT2D eigenvalue weighted by atomic mass is 10.5. The summed E-state index contributed by atoms with van der Waals surface area (Å²) in [5.41, 5.74) is 0.742. The molecule has 1 N–H and O–H groups in total. The molecule has 1 heterocycles. The van der Waals surface area contributed by atoms with Gasteiger partial charge < -0.3 is 4.42 Å². The van der Waals surface area contributed by atoms with E-state index in [2.05, 4.69) is 15.3 Å². The molecule has 0 bridgehead atoms. The summed E-state index contributed by atoms with van der Waals surface area (Å²) in [7, 11) is 0. The van der Waals surface area contributed by atoms with Crippen molar-refractivity contribution in [2.45, 2.75) is 6.54 Å². The predicted molar refractivity (Wildman–Crippen MR) is 49.9 cm³/mol. The van der Waals surface area contributed by atoms with Gasteiger partial charge in [0.05, 0.1) is 6.54 Å². The molecule has 0 aliphatic carbocycles. The number of amidine groups is 1. The summed E-state index contributed by atoms with van der Waals surface area (Å²) in [6, 6.07) is 0. The average Bonchev–Trinajstić information content (AvgIpc) is 2.64. The SMILES string of the molecule is CSC(=NCc1cocn1)NC#N. The quantitative estimate of drug-likeness (QED) is 0.330. The van der Waals surface area contributed by atoms with Gasteiger partial charge in [-0.25, -0.2) is 4.98 Å². The van der Waals surface area contributed by atoms with E-state index in [-0.39, 0.29) is 0 Å². The summed E-state index contributed by atoms with van der Waals surface area (Å²) in [5.74, 6) is 0. The number of aromatic nitrogens is 1. The van der Waals surface area contributed by atoms with Crippen LogP contribution in [0.3, 0.4) is 0 Å². The second kappa shape index (κ2) is 5.22. The minimum Gasteiger partial charge on any atom is -0.451 e. The molecule has 0 amide bonds. The van der Waals surface area contributed by atoms with Crippen LogP contribution in [0, 0.1) is 11.5 Å². The van der Waals surface area contributed by atoms with Crippen LogP contribution >= 0.6 is 11.8 Å². The highest BCUT2D eigenvalue weighted by Gasteiger charge is 1.96. The zero-order valence-electron chi connectivity index (χ0n) is 7.02. The number of nitrogens with one attached hydrogen (secondary N) is 1. The van der Waals surface area contributed by atoms with Crippen molar-refractivity contribution in [3.63, 3.8) is 0 Å². The Labute approximate surface area is 79.9 Å². The van der Waals surface area contributed by atoms with Crippen LogP contribution < -0.4 is 5.32 Å². The molecule has 0 spiro atoms. The third-order valence-electron chi connectivity index (χ3n) is 1.22. The molecule has 0 atom stereocenters. The third kappa shape index (κ3) is 3.17. The predicted octanol–water partition coefficient (Wildman–Crippen LogP) is 0.964. The van der Waals surface area contributed by atoms with Gasteiger partial charge in [0.15, 0.2) is 17.8 Å². The van der Waals surface area contributed by atoms with Crippen molar-refractivity contribution < 1.29 is 4.42 Å². The van der Waals surface area contributed by atoms with Crippen LogP contribution in [0.2, 0.25) is 0 Å². The first-order valence-electron chi connectivity index (χ1n) is 3.47. The number of hydrogen-bond acceptors (Lipinski definition) is 5. The molecular formula is C7H8N4OS. The van der Waals surface area contributed by atoms with Crippen molar-refractivity contribution in [1.82, 2.24) is 10.3 Å². The zero-order chi connectivity index (χ0) is 9.52. The second-order valence-corrected chi connectivity index (χ2v) is 2.84. The molecule has 1 aromatic heterocycles. The molecule has 68 valence electrons. The van der Waals surface area contributed by atoms with E-state index in [1.165, 1.54) is 24.4 Å². The highest BCUT2D eigenvalue weighted by Crippen LogP contribution is 2.00. The first-order valence-corrected chi connectivity index (χ1v) is 4.70. The fraction of sp³-hybridized carbons (Fsp3) is 0.286. The molecule has 0 aliphatic rings. The molecule has 0 unspecified atom stereocenters. The summed E-state index contributed by atoms with van der Waals surface area (Å²) in [6.07, 6.45) is 6.51. The van der Waals surface area contributed by atoms with Crippen LogP contribution in [-0.2, 0) is 6.54 Å². The number of aliphatic imine (C=N–C) groups is 1. The highest BCUT2D eigenvalue weighted by molar-refractivity contribution is 8.13. The number of oxazole rings is 1. The van der Waals surface area contributed by atoms with Crippen LogP contribution in [-0.4, -0.2) is 16.4 Å². The summed E-state index contributed by atoms with van der Waals surface area (Å²) >= 11 is 1.37. The summed E-state index contributed by atoms with van der Waals surface area (Å²) < 4.78 is 4.77. The molecule has 0 radical (unpaired) electrons. The normalized spacial score (nSPS) is 10.9. The fourth-order valence-corrected chi connectivity index (χ4v) is 1.01. The lowest BCUT2D eigenvalue weighted by Crippen LogP contribution is -2.13. The minimum atomic E-state index is 0.418. The van der Waals surface area contributed by atoms with Crippen molar-refractivity contribution in [2.75, 3.05) is 6.26 Å². The Bertz CT molecular complexity index is 314. The van der Waals surface area contributed by atoms with Gasteiger partial charge >= 0.3 is 0 Å². The Morgan fingerprint density at radius 2 is 2.77 bits per heavy atom. The average molecular weight is 196 g/mol. The van der Waals surface area contributed by atoms with E-state index in [1.807, 2.05) is 6.26 Å². The molecule has 0 saturated heterocycles. The summed E-state index contributed by atoms with van der Waals surface area (Å²) in [4.78, 5) is 7.99. The first-order chi connectivity index (χ1) is 6.36. The Balaban J connectivity index is 2.51. The van der Waals surface area contributed by atoms with Gasteiger partial charge in [0.25, 0.3) is 0 Å². The van der Waals surface area contributed by atoms with Crippen LogP contribution in [0.5, 0.6) is 0 Å². The zero-order valence-corrected chi connectivity index (χ0v) is 7.84. The second-order valence-electron chi connectivity index (χ2n) is 2.04. The van der Waals surface area contributed by atoms with Crippen LogP contribution in [0.15, 0.2) is 22.1 Å². The van der Waals surface area contributed by atoms with Crippen molar-refractivity contribution in [1.29, 1.82) is 5.26 Å². The maximum absolute atomic E-state index is 8.34. The van der Waals surface area contributed by atoms with Gasteiger partial charge in [0, 0.05) is 0 Å². The van der Waals surface area contributed by atoms with E-state index >= 15 is 0 Å². The molecule has 0 aliphatic heterocycles. The third-order valence-corrected chi connectivity index (χ3v) is 1.84. The van der Waals surface area contributed by atoms with Gasteiger partial charge in [0.2, 0.25) is 0 Å². The van der Waals surface area contributed by atoms with E-state index < -0.39 is 0 Å². The Morgan fingerprint density at radius 1 is 1.92 bits per heavy atom. The number of nitrogens with zero attached hydrogens (tertiary/aromatic N) is 3. The molecule has 1 aromatic rings. The first kappa shape index (κ1) is 9.61. The fourth-order valence-electron chi connectivity index (χ4n) is 0.671. The standard InChI is InChI=1S/C7H8N4OS/c1-13-7(10-4-8)9-2-6-3-12-5-11-6/h3,5H,2H2,1H3,(H,9,10). The van der Waals surface area contributed by atoms with E-state index in [1.54, 1.807) is 6.19 Å². The number of thioether (sulfide) groups is 1. The van der Waals surface area contributed by atoms with Crippen molar-refractivity contribution >= 4 is 16.9 Å². The summed E-state index contributed by atoms with van der Waals surface area (Å²) in [6.45, 7) is 0.418. The van der Waals surface area contributed by atoms with Crippen molar-refractivity contribution in [3.05, 3.63) is 18.4 Å². The van der Waals surface area contributed by atoms with Crippen LogP contribution in [0.1, 0.15) is 5.69 Å². The molecule has 1 rings (SSSR count). The van der Waals surface area contributed by atoms with Gasteiger partial charge in [-0.15, -0.1) is 0 Å². The molecule has 0 fully saturated rings. The highest BCUT2D eigenvalue weighted by atomic mass is 32.2. The molecule has 6 heteroatoms. The molecular weight excluding hydrogens is 188 g/mol. The largest absolute Gasteiger partial charge is 0.451 e. The maximum atomic E-state index is 8.34. The monoisotopic (exact) mass is 196 g/mol. The van der Waals surface area contributed by atoms with E-state index in [0.29, 0.717) is 11.7 Å². The Morgan fingerprint density at radius 3 is 3.31 bits per heavy atom. The van der Waals surface area contributed by atoms with Crippen LogP contribution in [0.25, 0.3) is 0 Å². The van der Waals surface area contributed by atoms with Gasteiger partial charge in [-0.3, -0.25) is 10.3 Å². The topological polar surface area (TPSA) is 74.2 Å². The van der Waals surface area contributed by atoms with Crippen molar-refractivity contribution in [2.24, 2.45) is 4.99 Å². The summed E-state index contributed by atoms with van der Waals surface area (Å²) in [5, 5.41) is 11.4. The lowest BCUT2D eigenvalue weighted by Gasteiger charge is -1.96. The number of hydrogen-bond donors (Lipinski definition) is 1. The Kier molecular flexibility index (Phi) is 3.85. The maximum Gasteiger partial charge on any atom is 0.183 e. The van der Waals surface area contributed by atoms with Gasteiger partial charge in [-0.2, -0.15) is 5.26 Å². The number of nitriles is 1. The van der Waals surface area contributed by atoms with Crippen LogP contribution in [0.4, 0.5) is 0 Å². The molecule has 13 heavy (non-hydrogen) atoms. The smallest absolute Gasteiger partial charge is 0.183 e. The molecule has 5 nitrogen and oxygen atoms in total. The van der Waals surface area contributed by atoms with Gasteiger partial charge in [0.1, 0.15) is 12.0 Å². The van der Waals surface area contributed by atoms with E-state index in [9.17, 15) is 0 Å². The Hall–Kier alpha value is -1.48. The van der Waals surface area contributed by atoms with Crippen molar-refractivity contribution in [3.8, 4) is 6.19 Å².